The molecule has 1 saturated carbocycles. The highest BCUT2D eigenvalue weighted by molar-refractivity contribution is 5.01. The molecule has 0 radical (unpaired) electrons. The highest BCUT2D eigenvalue weighted by Crippen LogP contribution is 2.32. The van der Waals surface area contributed by atoms with Crippen LogP contribution in [0.25, 0.3) is 0 Å². The molecule has 41 heavy (non-hydrogen) atoms. The molecule has 3 rings (SSSR count). The van der Waals surface area contributed by atoms with Gasteiger partial charge >= 0.3 is 0 Å². The number of aliphatic hydroxyl groups excluding tert-OH is 5. The second kappa shape index (κ2) is 16.5. The van der Waals surface area contributed by atoms with Crippen molar-refractivity contribution in [2.75, 3.05) is 26.4 Å². The van der Waals surface area contributed by atoms with Gasteiger partial charge in [-0.25, -0.2) is 0 Å². The Labute approximate surface area is 241 Å². The lowest BCUT2D eigenvalue weighted by Gasteiger charge is -2.48. The Morgan fingerprint density at radius 1 is 0.683 bits per heavy atom. The summed E-state index contributed by atoms with van der Waals surface area (Å²) in [4.78, 5) is 0. The van der Waals surface area contributed by atoms with Crippen LogP contribution in [0.4, 0.5) is 0 Å². The van der Waals surface area contributed by atoms with Gasteiger partial charge in [0.05, 0.1) is 12.6 Å². The number of hydrogen-bond donors (Lipinski definition) is 9. The van der Waals surface area contributed by atoms with Crippen molar-refractivity contribution < 1.29 is 54.0 Å². The number of hydrogen-bond acceptors (Lipinski definition) is 15. The molecule has 2 saturated heterocycles. The zero-order valence-electron chi connectivity index (χ0n) is 24.0. The fraction of sp³-hybridized carbons (Fsp3) is 1.00. The van der Waals surface area contributed by atoms with Gasteiger partial charge in [0.1, 0.15) is 61.0 Å². The lowest BCUT2D eigenvalue weighted by Crippen LogP contribution is -2.68. The molecule has 0 amide bonds. The molecule has 0 aromatic rings. The molecule has 0 spiro atoms. The van der Waals surface area contributed by atoms with Crippen LogP contribution in [0, 0.1) is 0 Å². The summed E-state index contributed by atoms with van der Waals surface area (Å²) in [6.45, 7) is 5.07. The predicted octanol–water partition coefficient (Wildman–Crippen LogP) is -3.64. The minimum atomic E-state index is -1.64. The second-order valence-electron chi connectivity index (χ2n) is 11.2. The van der Waals surface area contributed by atoms with E-state index in [1.54, 1.807) is 0 Å². The Kier molecular flexibility index (Phi) is 14.0. The summed E-state index contributed by atoms with van der Waals surface area (Å²) in [6.07, 6.45) is -11.0. The van der Waals surface area contributed by atoms with Crippen molar-refractivity contribution in [3.8, 4) is 0 Å². The summed E-state index contributed by atoms with van der Waals surface area (Å²) < 4.78 is 35.3. The van der Waals surface area contributed by atoms with E-state index in [2.05, 4.69) is 6.92 Å². The zero-order valence-corrected chi connectivity index (χ0v) is 24.0. The molecule has 2 heterocycles. The minimum Gasteiger partial charge on any atom is -0.388 e. The van der Waals surface area contributed by atoms with E-state index in [-0.39, 0.29) is 19.6 Å². The average Bonchev–Trinajstić information content (AvgIpc) is 2.95. The van der Waals surface area contributed by atoms with E-state index in [0.29, 0.717) is 13.2 Å². The van der Waals surface area contributed by atoms with E-state index >= 15 is 0 Å². The molecule has 0 unspecified atom stereocenters. The Morgan fingerprint density at radius 3 is 1.83 bits per heavy atom. The number of ether oxygens (including phenoxy) is 6. The number of aliphatic hydroxyl groups is 5. The lowest BCUT2D eigenvalue weighted by atomic mass is 9.84. The van der Waals surface area contributed by atoms with Gasteiger partial charge in [0.25, 0.3) is 0 Å². The molecule has 0 bridgehead atoms. The van der Waals surface area contributed by atoms with E-state index in [1.807, 2.05) is 6.92 Å². The van der Waals surface area contributed by atoms with Gasteiger partial charge in [-0.05, 0) is 19.3 Å². The summed E-state index contributed by atoms with van der Waals surface area (Å²) in [7, 11) is 0. The van der Waals surface area contributed by atoms with Crippen molar-refractivity contribution in [3.05, 3.63) is 0 Å². The topological polar surface area (TPSA) is 261 Å². The first kappa shape index (κ1) is 34.9. The molecule has 242 valence electrons. The maximum absolute atomic E-state index is 11.3. The van der Waals surface area contributed by atoms with Gasteiger partial charge in [-0.1, -0.05) is 26.7 Å². The van der Waals surface area contributed by atoms with Gasteiger partial charge in [-0.3, -0.25) is 0 Å². The number of nitrogens with two attached hydrogens (primary N) is 4. The smallest absolute Gasteiger partial charge is 0.187 e. The molecule has 15 nitrogen and oxygen atoms in total. The summed E-state index contributed by atoms with van der Waals surface area (Å²) in [5.74, 6) is 0. The van der Waals surface area contributed by atoms with Crippen LogP contribution < -0.4 is 22.9 Å². The summed E-state index contributed by atoms with van der Waals surface area (Å²) in [5.41, 5.74) is 24.6. The maximum Gasteiger partial charge on any atom is 0.187 e. The third-order valence-corrected chi connectivity index (χ3v) is 8.01. The van der Waals surface area contributed by atoms with Crippen molar-refractivity contribution in [3.63, 3.8) is 0 Å². The fourth-order valence-electron chi connectivity index (χ4n) is 5.40. The van der Waals surface area contributed by atoms with Crippen LogP contribution >= 0.6 is 0 Å². The first-order valence-corrected chi connectivity index (χ1v) is 14.7. The van der Waals surface area contributed by atoms with E-state index in [9.17, 15) is 25.5 Å². The molecule has 0 aromatic heterocycles. The van der Waals surface area contributed by atoms with E-state index in [4.69, 9.17) is 51.4 Å². The largest absolute Gasteiger partial charge is 0.388 e. The Hall–Kier alpha value is -0.600. The standard InChI is InChI=1S/C26H52N4O11/c1-3-5-7-36-11-15-24(37-8-6-4-2)16(30)18(32)25(39-15)40-22-12(28)9-13(29)23(21(22)35)41-26-20(34)19(33)17(31)14(10-27)38-26/h12-26,31-35H,3-11,27-30H2,1-2H3/t12-,13+,14-,15-,16-,17-,18-,19+,20-,21-,22+,23-,24-,25-,26-/m1/s1. The summed E-state index contributed by atoms with van der Waals surface area (Å²) in [6, 6.07) is -2.44. The number of rotatable bonds is 14. The molecule has 15 atom stereocenters. The predicted molar refractivity (Wildman–Crippen MR) is 145 cm³/mol. The second-order valence-corrected chi connectivity index (χ2v) is 11.2. The van der Waals surface area contributed by atoms with E-state index in [1.165, 1.54) is 0 Å². The first-order valence-electron chi connectivity index (χ1n) is 14.7. The van der Waals surface area contributed by atoms with Crippen molar-refractivity contribution in [1.82, 2.24) is 0 Å². The average molecular weight is 597 g/mol. The Bertz CT molecular complexity index is 758. The van der Waals surface area contributed by atoms with Gasteiger partial charge in [0, 0.05) is 31.8 Å². The molecular weight excluding hydrogens is 544 g/mol. The molecule has 3 aliphatic rings. The molecule has 15 heteroatoms. The van der Waals surface area contributed by atoms with Gasteiger partial charge < -0.3 is 76.9 Å². The van der Waals surface area contributed by atoms with Gasteiger partial charge in [0.2, 0.25) is 0 Å². The molecular formula is C26H52N4O11. The van der Waals surface area contributed by atoms with Gasteiger partial charge in [-0.15, -0.1) is 0 Å². The van der Waals surface area contributed by atoms with Gasteiger partial charge in [0.15, 0.2) is 12.6 Å². The lowest BCUT2D eigenvalue weighted by molar-refractivity contribution is -0.333. The summed E-state index contributed by atoms with van der Waals surface area (Å²) in [5, 5.41) is 53.0. The van der Waals surface area contributed by atoms with Crippen molar-refractivity contribution >= 4 is 0 Å². The SMILES string of the molecule is CCCCOC[C@H]1O[C@H](O[C@@H]2[C@@H](O)[C@H](O[C@H]3O[C@H](CN)[C@@H](O)[C@H](O)[C@H]3O)[C@@H](N)C[C@H]2N)[C@H](O)[C@@H](N)[C@@H]1OCCCC. The normalized spacial score (nSPS) is 45.6. The third kappa shape index (κ3) is 8.53. The molecule has 1 aliphatic carbocycles. The van der Waals surface area contributed by atoms with Gasteiger partial charge in [-0.2, -0.15) is 0 Å². The van der Waals surface area contributed by atoms with Crippen LogP contribution in [0.3, 0.4) is 0 Å². The van der Waals surface area contributed by atoms with Crippen molar-refractivity contribution in [1.29, 1.82) is 0 Å². The minimum absolute atomic E-state index is 0.141. The molecule has 13 N–H and O–H groups in total. The highest BCUT2D eigenvalue weighted by Gasteiger charge is 2.52. The fourth-order valence-corrected chi connectivity index (χ4v) is 5.40. The van der Waals surface area contributed by atoms with E-state index in [0.717, 1.165) is 25.7 Å². The van der Waals surface area contributed by atoms with Crippen molar-refractivity contribution in [2.45, 2.75) is 138 Å². The monoisotopic (exact) mass is 596 g/mol. The quantitative estimate of drug-likeness (QED) is 0.0876. The first-order chi connectivity index (χ1) is 19.5. The summed E-state index contributed by atoms with van der Waals surface area (Å²) >= 11 is 0. The van der Waals surface area contributed by atoms with E-state index < -0.39 is 91.7 Å². The van der Waals surface area contributed by atoms with Crippen LogP contribution in [-0.2, 0) is 28.4 Å². The Balaban J connectivity index is 1.71. The van der Waals surface area contributed by atoms with Crippen LogP contribution in [0.15, 0.2) is 0 Å². The van der Waals surface area contributed by atoms with Crippen LogP contribution in [0.5, 0.6) is 0 Å². The van der Waals surface area contributed by atoms with Crippen LogP contribution in [0.2, 0.25) is 0 Å². The molecule has 2 aliphatic heterocycles. The maximum atomic E-state index is 11.3. The zero-order chi connectivity index (χ0) is 30.3. The molecule has 3 fully saturated rings. The van der Waals surface area contributed by atoms with Crippen molar-refractivity contribution in [2.24, 2.45) is 22.9 Å². The molecule has 0 aromatic carbocycles. The Morgan fingerprint density at radius 2 is 1.24 bits per heavy atom. The number of unbranched alkanes of at least 4 members (excludes halogenated alkanes) is 2. The highest BCUT2D eigenvalue weighted by atomic mass is 16.7. The third-order valence-electron chi connectivity index (χ3n) is 8.01. The van der Waals surface area contributed by atoms with Crippen LogP contribution in [0.1, 0.15) is 46.0 Å². The van der Waals surface area contributed by atoms with Crippen LogP contribution in [-0.4, -0.2) is 144 Å².